The van der Waals surface area contributed by atoms with Crippen LogP contribution in [0.2, 0.25) is 5.02 Å². The minimum atomic E-state index is -0.411. The molecule has 7 heteroatoms. The Morgan fingerprint density at radius 3 is 2.33 bits per heavy atom. The first-order valence-corrected chi connectivity index (χ1v) is 8.77. The molecule has 0 aliphatic rings. The minimum Gasteiger partial charge on any atom is -0.508 e. The summed E-state index contributed by atoms with van der Waals surface area (Å²) < 4.78 is 0. The maximum absolute atomic E-state index is 12.4. The quantitative estimate of drug-likeness (QED) is 0.634. The molecule has 1 atom stereocenters. The summed E-state index contributed by atoms with van der Waals surface area (Å²) in [7, 11) is 0. The van der Waals surface area contributed by atoms with Gasteiger partial charge in [-0.1, -0.05) is 23.7 Å². The van der Waals surface area contributed by atoms with E-state index in [9.17, 15) is 19.5 Å². The Morgan fingerprint density at radius 2 is 1.74 bits per heavy atom. The van der Waals surface area contributed by atoms with E-state index in [-0.39, 0.29) is 29.8 Å². The second-order valence-electron chi connectivity index (χ2n) is 6.27. The fourth-order valence-electron chi connectivity index (χ4n) is 2.69. The van der Waals surface area contributed by atoms with Crippen LogP contribution in [0.15, 0.2) is 42.5 Å². The number of hydrogen-bond donors (Lipinski definition) is 3. The number of amides is 2. The summed E-state index contributed by atoms with van der Waals surface area (Å²) in [6.07, 6.45) is 0.491. The van der Waals surface area contributed by atoms with Crippen molar-refractivity contribution >= 4 is 34.9 Å². The molecule has 0 fully saturated rings. The second-order valence-corrected chi connectivity index (χ2v) is 6.68. The predicted molar refractivity (Wildman–Crippen MR) is 104 cm³/mol. The topological polar surface area (TPSA) is 95.5 Å². The average molecular weight is 389 g/mol. The highest BCUT2D eigenvalue weighted by molar-refractivity contribution is 6.34. The normalized spacial score (nSPS) is 11.5. The molecule has 2 aromatic carbocycles. The summed E-state index contributed by atoms with van der Waals surface area (Å²) >= 11 is 5.97. The SMILES string of the molecule is CC(=O)NC(CC(=O)Nc1ccc(Cl)c(C(C)=O)c1)Cc1ccc(O)cc1. The summed E-state index contributed by atoms with van der Waals surface area (Å²) in [5.41, 5.74) is 1.67. The van der Waals surface area contributed by atoms with Crippen LogP contribution in [0.4, 0.5) is 5.69 Å². The van der Waals surface area contributed by atoms with Crippen molar-refractivity contribution < 1.29 is 19.5 Å². The number of carbonyl (C=O) groups is 3. The lowest BCUT2D eigenvalue weighted by atomic mass is 10.0. The van der Waals surface area contributed by atoms with Crippen LogP contribution < -0.4 is 10.6 Å². The number of ketones is 1. The second kappa shape index (κ2) is 9.19. The number of benzene rings is 2. The average Bonchev–Trinajstić information content (AvgIpc) is 2.57. The van der Waals surface area contributed by atoms with E-state index >= 15 is 0 Å². The molecule has 0 aliphatic heterocycles. The van der Waals surface area contributed by atoms with Crippen molar-refractivity contribution in [3.63, 3.8) is 0 Å². The van der Waals surface area contributed by atoms with Gasteiger partial charge in [0.1, 0.15) is 5.75 Å². The lowest BCUT2D eigenvalue weighted by molar-refractivity contribution is -0.120. The smallest absolute Gasteiger partial charge is 0.226 e. The van der Waals surface area contributed by atoms with Crippen LogP contribution in [0.25, 0.3) is 0 Å². The van der Waals surface area contributed by atoms with E-state index in [1.165, 1.54) is 19.9 Å². The molecule has 2 amide bonds. The van der Waals surface area contributed by atoms with Gasteiger partial charge in [0, 0.05) is 30.6 Å². The monoisotopic (exact) mass is 388 g/mol. The fraction of sp³-hybridized carbons (Fsp3) is 0.250. The van der Waals surface area contributed by atoms with E-state index in [4.69, 9.17) is 11.6 Å². The molecular weight excluding hydrogens is 368 g/mol. The van der Waals surface area contributed by atoms with E-state index in [0.29, 0.717) is 22.7 Å². The lowest BCUT2D eigenvalue weighted by Gasteiger charge is -2.18. The largest absolute Gasteiger partial charge is 0.508 e. The zero-order valence-electron chi connectivity index (χ0n) is 15.1. The maximum atomic E-state index is 12.4. The van der Waals surface area contributed by atoms with Crippen LogP contribution in [0.3, 0.4) is 0 Å². The number of phenolic OH excluding ortho intramolecular Hbond substituents is 1. The van der Waals surface area contributed by atoms with Crippen molar-refractivity contribution in [2.75, 3.05) is 5.32 Å². The summed E-state index contributed by atoms with van der Waals surface area (Å²) in [4.78, 5) is 35.4. The number of anilines is 1. The van der Waals surface area contributed by atoms with Gasteiger partial charge in [0.2, 0.25) is 11.8 Å². The number of carbonyl (C=O) groups excluding carboxylic acids is 3. The molecule has 0 heterocycles. The van der Waals surface area contributed by atoms with Crippen LogP contribution in [0.1, 0.15) is 36.2 Å². The molecule has 0 aromatic heterocycles. The van der Waals surface area contributed by atoms with Crippen molar-refractivity contribution in [2.45, 2.75) is 32.7 Å². The van der Waals surface area contributed by atoms with Gasteiger partial charge in [0.25, 0.3) is 0 Å². The van der Waals surface area contributed by atoms with Crippen molar-refractivity contribution in [1.29, 1.82) is 0 Å². The van der Waals surface area contributed by atoms with E-state index in [1.807, 2.05) is 0 Å². The third-order valence-corrected chi connectivity index (χ3v) is 4.22. The summed E-state index contributed by atoms with van der Waals surface area (Å²) in [5, 5.41) is 15.2. The zero-order chi connectivity index (χ0) is 20.0. The fourth-order valence-corrected chi connectivity index (χ4v) is 2.94. The minimum absolute atomic E-state index is 0.0541. The van der Waals surface area contributed by atoms with E-state index in [1.54, 1.807) is 36.4 Å². The van der Waals surface area contributed by atoms with E-state index < -0.39 is 6.04 Å². The first kappa shape index (κ1) is 20.5. The number of hydrogen-bond acceptors (Lipinski definition) is 4. The van der Waals surface area contributed by atoms with Crippen LogP contribution in [-0.2, 0) is 16.0 Å². The molecule has 142 valence electrons. The van der Waals surface area contributed by atoms with Gasteiger partial charge in [-0.2, -0.15) is 0 Å². The number of halogens is 1. The van der Waals surface area contributed by atoms with Crippen molar-refractivity contribution in [1.82, 2.24) is 5.32 Å². The van der Waals surface area contributed by atoms with Gasteiger partial charge in [-0.3, -0.25) is 14.4 Å². The van der Waals surface area contributed by atoms with Gasteiger partial charge in [0.05, 0.1) is 5.02 Å². The molecule has 0 aliphatic carbocycles. The third-order valence-electron chi connectivity index (χ3n) is 3.89. The number of nitrogens with one attached hydrogen (secondary N) is 2. The van der Waals surface area contributed by atoms with Crippen molar-refractivity contribution in [3.8, 4) is 5.75 Å². The van der Waals surface area contributed by atoms with Crippen molar-refractivity contribution in [2.24, 2.45) is 0 Å². The Labute approximate surface area is 162 Å². The van der Waals surface area contributed by atoms with Crippen LogP contribution in [0, 0.1) is 0 Å². The molecule has 0 bridgehead atoms. The lowest BCUT2D eigenvalue weighted by Crippen LogP contribution is -2.37. The summed E-state index contributed by atoms with van der Waals surface area (Å²) in [6.45, 7) is 2.79. The van der Waals surface area contributed by atoms with Gasteiger partial charge in [-0.25, -0.2) is 0 Å². The Balaban J connectivity index is 2.06. The third kappa shape index (κ3) is 6.42. The molecule has 0 saturated carbocycles. The standard InChI is InChI=1S/C20H21ClN2O4/c1-12(24)18-10-15(5-8-19(18)21)23-20(27)11-16(22-13(2)25)9-14-3-6-17(26)7-4-14/h3-8,10,16,26H,9,11H2,1-2H3,(H,22,25)(H,23,27). The number of Topliss-reactive ketones (excluding diaryl/α,β-unsaturated/α-hetero) is 1. The van der Waals surface area contributed by atoms with Crippen LogP contribution in [-0.4, -0.2) is 28.7 Å². The molecule has 2 aromatic rings. The summed E-state index contributed by atoms with van der Waals surface area (Å²) in [6, 6.07) is 10.9. The Morgan fingerprint density at radius 1 is 1.07 bits per heavy atom. The van der Waals surface area contributed by atoms with E-state index in [0.717, 1.165) is 5.56 Å². The molecule has 1 unspecified atom stereocenters. The van der Waals surface area contributed by atoms with Crippen LogP contribution >= 0.6 is 11.6 Å². The van der Waals surface area contributed by atoms with Gasteiger partial charge >= 0.3 is 0 Å². The van der Waals surface area contributed by atoms with Gasteiger partial charge in [-0.15, -0.1) is 0 Å². The molecule has 0 spiro atoms. The van der Waals surface area contributed by atoms with E-state index in [2.05, 4.69) is 10.6 Å². The highest BCUT2D eigenvalue weighted by atomic mass is 35.5. The summed E-state index contributed by atoms with van der Waals surface area (Å²) in [5.74, 6) is -0.586. The highest BCUT2D eigenvalue weighted by Gasteiger charge is 2.17. The van der Waals surface area contributed by atoms with Gasteiger partial charge < -0.3 is 15.7 Å². The zero-order valence-corrected chi connectivity index (χ0v) is 15.8. The molecule has 0 saturated heterocycles. The maximum Gasteiger partial charge on any atom is 0.226 e. The number of aromatic hydroxyl groups is 1. The predicted octanol–water partition coefficient (Wildman–Crippen LogP) is 3.32. The van der Waals surface area contributed by atoms with Crippen molar-refractivity contribution in [3.05, 3.63) is 58.6 Å². The van der Waals surface area contributed by atoms with Crippen LogP contribution in [0.5, 0.6) is 5.75 Å². The molecule has 6 nitrogen and oxygen atoms in total. The Bertz CT molecular complexity index is 850. The van der Waals surface area contributed by atoms with Gasteiger partial charge in [-0.05, 0) is 49.2 Å². The first-order chi connectivity index (χ1) is 12.7. The Kier molecular flexibility index (Phi) is 6.96. The number of rotatable bonds is 7. The molecule has 27 heavy (non-hydrogen) atoms. The molecule has 2 rings (SSSR count). The highest BCUT2D eigenvalue weighted by Crippen LogP contribution is 2.21. The molecular formula is C20H21ClN2O4. The van der Waals surface area contributed by atoms with Gasteiger partial charge in [0.15, 0.2) is 5.78 Å². The molecule has 3 N–H and O–H groups in total. The first-order valence-electron chi connectivity index (χ1n) is 8.40. The Hall–Kier alpha value is -2.86. The molecule has 0 radical (unpaired) electrons. The number of phenols is 1.